The normalized spacial score (nSPS) is 14.0. The molecule has 0 spiro atoms. The van der Waals surface area contributed by atoms with Crippen LogP contribution in [0.3, 0.4) is 0 Å². The van der Waals surface area contributed by atoms with Crippen molar-refractivity contribution in [2.75, 3.05) is 24.7 Å². The average Bonchev–Trinajstić information content (AvgIpc) is 3.13. The lowest BCUT2D eigenvalue weighted by Gasteiger charge is -2.20. The fourth-order valence-electron chi connectivity index (χ4n) is 4.54. The van der Waals surface area contributed by atoms with Crippen LogP contribution in [0.2, 0.25) is 0 Å². The number of rotatable bonds is 7. The second-order valence-corrected chi connectivity index (χ2v) is 12.4. The van der Waals surface area contributed by atoms with Crippen LogP contribution in [0.1, 0.15) is 37.6 Å². The SMILES string of the molecule is CC(C)(C)c1cc(-n2c3nc(Nc4ccc5c(c4)CNCC5)ncc3c(=O)n2CCNS(C)(=O)=O)ccn1. The Hall–Kier alpha value is -3.61. The highest BCUT2D eigenvalue weighted by atomic mass is 32.2. The van der Waals surface area contributed by atoms with Gasteiger partial charge >= 0.3 is 0 Å². The van der Waals surface area contributed by atoms with Crippen molar-refractivity contribution in [2.24, 2.45) is 0 Å². The van der Waals surface area contributed by atoms with E-state index in [1.54, 1.807) is 16.9 Å². The van der Waals surface area contributed by atoms with Crippen molar-refractivity contribution in [2.45, 2.75) is 45.7 Å². The molecule has 3 aromatic heterocycles. The first kappa shape index (κ1) is 26.0. The molecule has 3 N–H and O–H groups in total. The van der Waals surface area contributed by atoms with E-state index in [-0.39, 0.29) is 24.1 Å². The molecule has 0 aliphatic carbocycles. The van der Waals surface area contributed by atoms with Crippen LogP contribution < -0.4 is 20.9 Å². The Labute approximate surface area is 221 Å². The van der Waals surface area contributed by atoms with Gasteiger partial charge in [-0.3, -0.25) is 9.78 Å². The van der Waals surface area contributed by atoms with Gasteiger partial charge in [0.25, 0.3) is 5.56 Å². The summed E-state index contributed by atoms with van der Waals surface area (Å²) >= 11 is 0. The lowest BCUT2D eigenvalue weighted by Crippen LogP contribution is -2.31. The van der Waals surface area contributed by atoms with E-state index in [0.717, 1.165) is 37.1 Å². The van der Waals surface area contributed by atoms with Gasteiger partial charge < -0.3 is 10.6 Å². The van der Waals surface area contributed by atoms with E-state index in [1.165, 1.54) is 22.0 Å². The molecule has 1 aromatic carbocycles. The molecule has 0 amide bonds. The van der Waals surface area contributed by atoms with E-state index in [4.69, 9.17) is 4.98 Å². The van der Waals surface area contributed by atoms with Gasteiger partial charge in [0.05, 0.1) is 18.5 Å². The number of nitrogens with one attached hydrogen (secondary N) is 3. The number of aromatic nitrogens is 5. The highest BCUT2D eigenvalue weighted by molar-refractivity contribution is 7.88. The van der Waals surface area contributed by atoms with Crippen LogP contribution >= 0.6 is 0 Å². The van der Waals surface area contributed by atoms with Crippen molar-refractivity contribution in [3.05, 3.63) is 69.9 Å². The molecule has 0 saturated heterocycles. The third-order valence-corrected chi connectivity index (χ3v) is 7.20. The van der Waals surface area contributed by atoms with Crippen molar-refractivity contribution in [1.29, 1.82) is 0 Å². The fraction of sp³-hybridized carbons (Fsp3) is 0.385. The molecule has 38 heavy (non-hydrogen) atoms. The van der Waals surface area contributed by atoms with Crippen molar-refractivity contribution in [1.82, 2.24) is 34.4 Å². The first-order valence-corrected chi connectivity index (χ1v) is 14.4. The first-order valence-electron chi connectivity index (χ1n) is 12.5. The lowest BCUT2D eigenvalue weighted by atomic mass is 9.91. The standard InChI is InChI=1S/C26H32N8O3S/c1-26(2,3)22-14-20(8-10-28-22)34-23-21(24(35)33(34)12-11-30-38(4,36)37)16-29-25(32-23)31-19-6-5-17-7-9-27-15-18(17)13-19/h5-6,8,10,13-14,16,27,30H,7,9,11-12,15H2,1-4H3,(H,29,31,32). The molecule has 5 rings (SSSR count). The molecule has 11 nitrogen and oxygen atoms in total. The maximum Gasteiger partial charge on any atom is 0.278 e. The summed E-state index contributed by atoms with van der Waals surface area (Å²) in [7, 11) is -3.42. The summed E-state index contributed by atoms with van der Waals surface area (Å²) in [6.07, 6.45) is 5.29. The van der Waals surface area contributed by atoms with E-state index in [0.29, 0.717) is 22.7 Å². The third-order valence-electron chi connectivity index (χ3n) is 6.47. The Balaban J connectivity index is 1.60. The quantitative estimate of drug-likeness (QED) is 0.327. The Morgan fingerprint density at radius 2 is 1.92 bits per heavy atom. The average molecular weight is 537 g/mol. The molecule has 0 unspecified atom stereocenters. The number of sulfonamides is 1. The number of hydrogen-bond acceptors (Lipinski definition) is 8. The molecule has 0 bridgehead atoms. The summed E-state index contributed by atoms with van der Waals surface area (Å²) in [5, 5.41) is 6.99. The van der Waals surface area contributed by atoms with E-state index in [2.05, 4.69) is 58.2 Å². The van der Waals surface area contributed by atoms with Crippen molar-refractivity contribution >= 4 is 32.7 Å². The van der Waals surface area contributed by atoms with Crippen LogP contribution in [0.15, 0.2) is 47.5 Å². The van der Waals surface area contributed by atoms with Gasteiger partial charge in [-0.1, -0.05) is 26.8 Å². The molecule has 0 atom stereocenters. The maximum atomic E-state index is 13.4. The van der Waals surface area contributed by atoms with Gasteiger partial charge in [0.1, 0.15) is 5.39 Å². The summed E-state index contributed by atoms with van der Waals surface area (Å²) in [5.41, 5.74) is 4.85. The summed E-state index contributed by atoms with van der Waals surface area (Å²) in [4.78, 5) is 27.1. The molecule has 0 fully saturated rings. The second kappa shape index (κ2) is 9.93. The molecule has 1 aliphatic rings. The minimum atomic E-state index is -3.42. The van der Waals surface area contributed by atoms with Crippen LogP contribution in [-0.4, -0.2) is 52.1 Å². The van der Waals surface area contributed by atoms with Gasteiger partial charge in [0.2, 0.25) is 16.0 Å². The van der Waals surface area contributed by atoms with Gasteiger partial charge in [-0.2, -0.15) is 4.98 Å². The number of anilines is 2. The molecule has 1 aliphatic heterocycles. The zero-order chi connectivity index (χ0) is 27.1. The predicted octanol–water partition coefficient (Wildman–Crippen LogP) is 2.21. The summed E-state index contributed by atoms with van der Waals surface area (Å²) in [5.74, 6) is 0.353. The first-order chi connectivity index (χ1) is 18.0. The summed E-state index contributed by atoms with van der Waals surface area (Å²) in [6, 6.07) is 9.93. The van der Waals surface area contributed by atoms with Crippen molar-refractivity contribution < 1.29 is 8.42 Å². The van der Waals surface area contributed by atoms with Crippen molar-refractivity contribution in [3.63, 3.8) is 0 Å². The minimum absolute atomic E-state index is 0.0496. The van der Waals surface area contributed by atoms with Crippen molar-refractivity contribution in [3.8, 4) is 5.69 Å². The number of pyridine rings is 1. The van der Waals surface area contributed by atoms with Gasteiger partial charge in [-0.25, -0.2) is 27.5 Å². The number of benzene rings is 1. The van der Waals surface area contributed by atoms with Gasteiger partial charge in [0.15, 0.2) is 5.65 Å². The molecule has 4 aromatic rings. The minimum Gasteiger partial charge on any atom is -0.324 e. The van der Waals surface area contributed by atoms with Crippen LogP contribution in [0.5, 0.6) is 0 Å². The predicted molar refractivity (Wildman–Crippen MR) is 148 cm³/mol. The molecule has 0 radical (unpaired) electrons. The molecule has 4 heterocycles. The van der Waals surface area contributed by atoms with Crippen LogP contribution in [0.25, 0.3) is 16.7 Å². The summed E-state index contributed by atoms with van der Waals surface area (Å²) in [6.45, 7) is 8.13. The molecular formula is C26H32N8O3S. The Bertz CT molecular complexity index is 1670. The second-order valence-electron chi connectivity index (χ2n) is 10.5. The Morgan fingerprint density at radius 3 is 2.68 bits per heavy atom. The van der Waals surface area contributed by atoms with Crippen LogP contribution in [0.4, 0.5) is 11.6 Å². The molecule has 200 valence electrons. The Kier molecular flexibility index (Phi) is 6.80. The third kappa shape index (κ3) is 5.47. The Morgan fingerprint density at radius 1 is 1.11 bits per heavy atom. The summed E-state index contributed by atoms with van der Waals surface area (Å²) < 4.78 is 28.9. The fourth-order valence-corrected chi connectivity index (χ4v) is 5.00. The molecule has 0 saturated carbocycles. The maximum absolute atomic E-state index is 13.4. The molecular weight excluding hydrogens is 504 g/mol. The van der Waals surface area contributed by atoms with E-state index >= 15 is 0 Å². The number of nitrogens with zero attached hydrogens (tertiary/aromatic N) is 5. The van der Waals surface area contributed by atoms with Gasteiger partial charge in [-0.15, -0.1) is 0 Å². The van der Waals surface area contributed by atoms with Gasteiger partial charge in [0, 0.05) is 42.3 Å². The highest BCUT2D eigenvalue weighted by Gasteiger charge is 2.21. The van der Waals surface area contributed by atoms with E-state index in [9.17, 15) is 13.2 Å². The van der Waals surface area contributed by atoms with E-state index in [1.807, 2.05) is 12.1 Å². The van der Waals surface area contributed by atoms with Gasteiger partial charge in [-0.05, 0) is 48.4 Å². The molecule has 12 heteroatoms. The smallest absolute Gasteiger partial charge is 0.278 e. The monoisotopic (exact) mass is 536 g/mol. The van der Waals surface area contributed by atoms with E-state index < -0.39 is 10.0 Å². The lowest BCUT2D eigenvalue weighted by molar-refractivity contribution is 0.526. The topological polar surface area (TPSA) is 136 Å². The zero-order valence-corrected chi connectivity index (χ0v) is 22.8. The van der Waals surface area contributed by atoms with Crippen LogP contribution in [-0.2, 0) is 34.9 Å². The zero-order valence-electron chi connectivity index (χ0n) is 21.9. The highest BCUT2D eigenvalue weighted by Crippen LogP contribution is 2.25. The largest absolute Gasteiger partial charge is 0.324 e. The van der Waals surface area contributed by atoms with Crippen LogP contribution in [0, 0.1) is 0 Å². The number of fused-ring (bicyclic) bond motifs is 2. The number of hydrogen-bond donors (Lipinski definition) is 3.